The van der Waals surface area contributed by atoms with Gasteiger partial charge in [-0.1, -0.05) is 71.9 Å². The van der Waals surface area contributed by atoms with Crippen LogP contribution in [-0.4, -0.2) is 11.1 Å². The van der Waals surface area contributed by atoms with Gasteiger partial charge < -0.3 is 9.84 Å². The van der Waals surface area contributed by atoms with Gasteiger partial charge in [0.15, 0.2) is 5.76 Å². The van der Waals surface area contributed by atoms with E-state index < -0.39 is 23.2 Å². The molecular weight excluding hydrogens is 405 g/mol. The minimum absolute atomic E-state index is 0.0589. The Morgan fingerprint density at radius 2 is 1.45 bits per heavy atom. The number of hydrogen-bond acceptors (Lipinski definition) is 3. The highest BCUT2D eigenvalue weighted by atomic mass is 19.4. The highest BCUT2D eigenvalue weighted by molar-refractivity contribution is 5.95. The number of halogens is 3. The van der Waals surface area contributed by atoms with Crippen molar-refractivity contribution >= 4 is 5.91 Å². The number of amides is 1. The number of nitrogens with one attached hydrogen (secondary N) is 1. The van der Waals surface area contributed by atoms with Crippen LogP contribution in [0.4, 0.5) is 13.2 Å². The zero-order valence-electron chi connectivity index (χ0n) is 16.2. The van der Waals surface area contributed by atoms with E-state index in [1.165, 1.54) is 12.1 Å². The largest absolute Gasteiger partial charge is 0.417 e. The molecule has 0 aliphatic heterocycles. The van der Waals surface area contributed by atoms with Gasteiger partial charge in [-0.3, -0.25) is 4.79 Å². The maximum atomic E-state index is 13.1. The molecule has 31 heavy (non-hydrogen) atoms. The number of carbonyl (C=O) groups is 1. The van der Waals surface area contributed by atoms with Gasteiger partial charge in [0, 0.05) is 11.6 Å². The van der Waals surface area contributed by atoms with Gasteiger partial charge in [0.05, 0.1) is 17.7 Å². The Balaban J connectivity index is 1.44. The van der Waals surface area contributed by atoms with Crippen molar-refractivity contribution < 1.29 is 22.5 Å². The van der Waals surface area contributed by atoms with Gasteiger partial charge in [-0.25, -0.2) is 0 Å². The van der Waals surface area contributed by atoms with Crippen LogP contribution in [0, 0.1) is 0 Å². The van der Waals surface area contributed by atoms with Crippen molar-refractivity contribution in [3.05, 3.63) is 102 Å². The average Bonchev–Trinajstić information content (AvgIpc) is 3.27. The maximum absolute atomic E-state index is 13.1. The lowest BCUT2D eigenvalue weighted by Crippen LogP contribution is -2.26. The van der Waals surface area contributed by atoms with Crippen LogP contribution in [0.3, 0.4) is 0 Å². The van der Waals surface area contributed by atoms with Crippen molar-refractivity contribution in [1.82, 2.24) is 10.5 Å². The van der Waals surface area contributed by atoms with E-state index in [1.54, 1.807) is 6.07 Å². The molecule has 1 aromatic heterocycles. The van der Waals surface area contributed by atoms with Gasteiger partial charge in [0.2, 0.25) is 0 Å². The van der Waals surface area contributed by atoms with Crippen molar-refractivity contribution in [3.63, 3.8) is 0 Å². The highest BCUT2D eigenvalue weighted by Crippen LogP contribution is 2.32. The standard InChI is InChI=1S/C24H17F3N2O2/c25-24(26,27)21-9-5-4-8-20(21)23(30)28-15-19-14-22(31-29-19)18-12-10-17(11-13-18)16-6-2-1-3-7-16/h1-14H,15H2,(H,28,30). The summed E-state index contributed by atoms with van der Waals surface area (Å²) in [6.45, 7) is -0.0589. The Morgan fingerprint density at radius 3 is 2.16 bits per heavy atom. The molecule has 4 nitrogen and oxygen atoms in total. The number of aromatic nitrogens is 1. The second-order valence-corrected chi connectivity index (χ2v) is 6.85. The molecule has 1 heterocycles. The summed E-state index contributed by atoms with van der Waals surface area (Å²) in [5, 5.41) is 6.36. The summed E-state index contributed by atoms with van der Waals surface area (Å²) in [6, 6.07) is 23.9. The molecule has 0 saturated carbocycles. The summed E-state index contributed by atoms with van der Waals surface area (Å²) in [5.74, 6) is -0.329. The summed E-state index contributed by atoms with van der Waals surface area (Å²) >= 11 is 0. The minimum atomic E-state index is -4.61. The van der Waals surface area contributed by atoms with Gasteiger partial charge in [-0.2, -0.15) is 13.2 Å². The monoisotopic (exact) mass is 422 g/mol. The predicted molar refractivity (Wildman–Crippen MR) is 110 cm³/mol. The zero-order valence-corrected chi connectivity index (χ0v) is 16.2. The molecule has 0 spiro atoms. The summed E-state index contributed by atoms with van der Waals surface area (Å²) in [4.78, 5) is 12.3. The van der Waals surface area contributed by atoms with Crippen LogP contribution >= 0.6 is 0 Å². The van der Waals surface area contributed by atoms with Crippen molar-refractivity contribution in [2.75, 3.05) is 0 Å². The van der Waals surface area contributed by atoms with Crippen molar-refractivity contribution in [2.45, 2.75) is 12.7 Å². The Morgan fingerprint density at radius 1 is 0.839 bits per heavy atom. The maximum Gasteiger partial charge on any atom is 0.417 e. The normalized spacial score (nSPS) is 11.3. The molecule has 0 unspecified atom stereocenters. The molecule has 0 fully saturated rings. The molecule has 0 aliphatic rings. The Kier molecular flexibility index (Phi) is 5.58. The number of alkyl halides is 3. The average molecular weight is 422 g/mol. The van der Waals surface area contributed by atoms with Crippen molar-refractivity contribution in [3.8, 4) is 22.5 Å². The van der Waals surface area contributed by atoms with E-state index in [2.05, 4.69) is 10.5 Å². The molecule has 0 saturated heterocycles. The minimum Gasteiger partial charge on any atom is -0.356 e. The molecule has 156 valence electrons. The van der Waals surface area contributed by atoms with E-state index in [-0.39, 0.29) is 6.54 Å². The third-order valence-corrected chi connectivity index (χ3v) is 4.74. The zero-order chi connectivity index (χ0) is 21.8. The Hall–Kier alpha value is -3.87. The first-order chi connectivity index (χ1) is 14.9. The second-order valence-electron chi connectivity index (χ2n) is 6.85. The topological polar surface area (TPSA) is 55.1 Å². The van der Waals surface area contributed by atoms with Gasteiger partial charge in [0.25, 0.3) is 5.91 Å². The molecule has 0 radical (unpaired) electrons. The number of benzene rings is 3. The van der Waals surface area contributed by atoms with Crippen molar-refractivity contribution in [2.24, 2.45) is 0 Å². The SMILES string of the molecule is O=C(NCc1cc(-c2ccc(-c3ccccc3)cc2)on1)c1ccccc1C(F)(F)F. The third-order valence-electron chi connectivity index (χ3n) is 4.74. The first-order valence-corrected chi connectivity index (χ1v) is 9.48. The van der Waals surface area contributed by atoms with E-state index in [0.29, 0.717) is 11.5 Å². The fourth-order valence-corrected chi connectivity index (χ4v) is 3.18. The van der Waals surface area contributed by atoms with E-state index in [4.69, 9.17) is 4.52 Å². The molecule has 7 heteroatoms. The fraction of sp³-hybridized carbons (Fsp3) is 0.0833. The lowest BCUT2D eigenvalue weighted by atomic mass is 10.0. The summed E-state index contributed by atoms with van der Waals surface area (Å²) < 4.78 is 44.6. The van der Waals surface area contributed by atoms with Crippen LogP contribution in [-0.2, 0) is 12.7 Å². The third kappa shape index (κ3) is 4.66. The predicted octanol–water partition coefficient (Wildman–Crippen LogP) is 5.96. The van der Waals surface area contributed by atoms with Crippen LogP contribution in [0.5, 0.6) is 0 Å². The Bertz CT molecular complexity index is 1180. The number of nitrogens with zero attached hydrogens (tertiary/aromatic N) is 1. The molecule has 0 atom stereocenters. The van der Waals surface area contributed by atoms with Gasteiger partial charge in [-0.15, -0.1) is 0 Å². The molecule has 0 bridgehead atoms. The van der Waals surface area contributed by atoms with E-state index >= 15 is 0 Å². The van der Waals surface area contributed by atoms with Crippen LogP contribution in [0.2, 0.25) is 0 Å². The van der Waals surface area contributed by atoms with Gasteiger partial charge in [-0.05, 0) is 23.3 Å². The van der Waals surface area contributed by atoms with E-state index in [0.717, 1.165) is 28.8 Å². The second kappa shape index (κ2) is 8.47. The summed E-state index contributed by atoms with van der Waals surface area (Å²) in [5.41, 5.74) is 1.93. The van der Waals surface area contributed by atoms with Gasteiger partial charge >= 0.3 is 6.18 Å². The van der Waals surface area contributed by atoms with Crippen LogP contribution in [0.15, 0.2) is 89.5 Å². The highest BCUT2D eigenvalue weighted by Gasteiger charge is 2.34. The number of hydrogen-bond donors (Lipinski definition) is 1. The molecule has 1 N–H and O–H groups in total. The molecule has 0 aliphatic carbocycles. The molecule has 4 aromatic rings. The number of carbonyl (C=O) groups excluding carboxylic acids is 1. The molecule has 1 amide bonds. The van der Waals surface area contributed by atoms with Crippen LogP contribution in [0.1, 0.15) is 21.6 Å². The summed E-state index contributed by atoms with van der Waals surface area (Å²) in [7, 11) is 0. The Labute approximate surface area is 176 Å². The van der Waals surface area contributed by atoms with Crippen LogP contribution in [0.25, 0.3) is 22.5 Å². The quantitative estimate of drug-likeness (QED) is 0.432. The molecule has 3 aromatic carbocycles. The lowest BCUT2D eigenvalue weighted by molar-refractivity contribution is -0.137. The lowest BCUT2D eigenvalue weighted by Gasteiger charge is -2.12. The smallest absolute Gasteiger partial charge is 0.356 e. The molecular formula is C24H17F3N2O2. The summed E-state index contributed by atoms with van der Waals surface area (Å²) in [6.07, 6.45) is -4.61. The van der Waals surface area contributed by atoms with Crippen LogP contribution < -0.4 is 5.32 Å². The van der Waals surface area contributed by atoms with E-state index in [9.17, 15) is 18.0 Å². The fourth-order valence-electron chi connectivity index (χ4n) is 3.18. The van der Waals surface area contributed by atoms with Crippen molar-refractivity contribution in [1.29, 1.82) is 0 Å². The first kappa shape index (κ1) is 20.4. The molecule has 4 rings (SSSR count). The number of rotatable bonds is 5. The van der Waals surface area contributed by atoms with Gasteiger partial charge in [0.1, 0.15) is 5.69 Å². The first-order valence-electron chi connectivity index (χ1n) is 9.48. The van der Waals surface area contributed by atoms with E-state index in [1.807, 2.05) is 54.6 Å².